The molecule has 0 aliphatic carbocycles. The molecule has 1 aromatic rings. The van der Waals surface area contributed by atoms with Crippen LogP contribution in [0.1, 0.15) is 114 Å². The highest BCUT2D eigenvalue weighted by Crippen LogP contribution is 2.16. The van der Waals surface area contributed by atoms with Crippen molar-refractivity contribution in [3.63, 3.8) is 0 Å². The molecule has 0 fully saturated rings. The van der Waals surface area contributed by atoms with Gasteiger partial charge in [-0.1, -0.05) is 59.4 Å². The standard InChI is InChI=1S/C26H42O4/c1-19(2)12-7-9-14-21(5)29-25(27)23-16-11-17-24(18-23)26(28)30-22(6)15-10-8-13-20(3)4/h11,16-22H,7-10,12-15H2,1-6H3. The molecule has 0 saturated heterocycles. The molecule has 2 unspecified atom stereocenters. The first-order valence-corrected chi connectivity index (χ1v) is 11.7. The van der Waals surface area contributed by atoms with Crippen molar-refractivity contribution in [3.8, 4) is 0 Å². The Hall–Kier alpha value is -1.84. The van der Waals surface area contributed by atoms with Gasteiger partial charge in [-0.3, -0.25) is 0 Å². The number of hydrogen-bond donors (Lipinski definition) is 0. The lowest BCUT2D eigenvalue weighted by Gasteiger charge is -2.15. The molecule has 0 aliphatic heterocycles. The summed E-state index contributed by atoms with van der Waals surface area (Å²) in [4.78, 5) is 24.9. The molecule has 30 heavy (non-hydrogen) atoms. The lowest BCUT2D eigenvalue weighted by atomic mass is 10.0. The second-order valence-electron chi connectivity index (χ2n) is 9.37. The summed E-state index contributed by atoms with van der Waals surface area (Å²) in [5.74, 6) is 0.631. The summed E-state index contributed by atoms with van der Waals surface area (Å²) in [7, 11) is 0. The molecule has 2 atom stereocenters. The predicted molar refractivity (Wildman–Crippen MR) is 123 cm³/mol. The Kier molecular flexibility index (Phi) is 12.4. The van der Waals surface area contributed by atoms with Crippen LogP contribution in [-0.4, -0.2) is 24.1 Å². The Bertz CT molecular complexity index is 584. The van der Waals surface area contributed by atoms with Crippen molar-refractivity contribution >= 4 is 11.9 Å². The van der Waals surface area contributed by atoms with E-state index in [1.165, 1.54) is 12.8 Å². The fourth-order valence-electron chi connectivity index (χ4n) is 3.36. The molecule has 4 nitrogen and oxygen atoms in total. The SMILES string of the molecule is CC(C)CCCCC(C)OC(=O)c1cccc(C(=O)OC(C)CCCCC(C)C)c1. The van der Waals surface area contributed by atoms with E-state index in [-0.39, 0.29) is 24.1 Å². The zero-order chi connectivity index (χ0) is 22.5. The number of rotatable bonds is 14. The first-order chi connectivity index (χ1) is 14.2. The van der Waals surface area contributed by atoms with Gasteiger partial charge < -0.3 is 9.47 Å². The average molecular weight is 419 g/mol. The summed E-state index contributed by atoms with van der Waals surface area (Å²) < 4.78 is 11.1. The van der Waals surface area contributed by atoms with Gasteiger partial charge in [0.1, 0.15) is 0 Å². The van der Waals surface area contributed by atoms with Crippen LogP contribution in [0.2, 0.25) is 0 Å². The molecular formula is C26H42O4. The highest BCUT2D eigenvalue weighted by atomic mass is 16.5. The summed E-state index contributed by atoms with van der Waals surface area (Å²) in [5.41, 5.74) is 0.783. The minimum Gasteiger partial charge on any atom is -0.459 e. The fraction of sp³-hybridized carbons (Fsp3) is 0.692. The summed E-state index contributed by atoms with van der Waals surface area (Å²) in [5, 5.41) is 0. The number of benzene rings is 1. The number of unbranched alkanes of at least 4 members (excludes halogenated alkanes) is 2. The second-order valence-corrected chi connectivity index (χ2v) is 9.37. The van der Waals surface area contributed by atoms with Crippen LogP contribution >= 0.6 is 0 Å². The molecule has 0 aliphatic rings. The van der Waals surface area contributed by atoms with E-state index in [1.807, 2.05) is 13.8 Å². The maximum Gasteiger partial charge on any atom is 0.338 e. The van der Waals surface area contributed by atoms with Crippen LogP contribution in [0.5, 0.6) is 0 Å². The highest BCUT2D eigenvalue weighted by molar-refractivity contribution is 5.95. The lowest BCUT2D eigenvalue weighted by Crippen LogP contribution is -2.17. The lowest BCUT2D eigenvalue weighted by molar-refractivity contribution is 0.0318. The topological polar surface area (TPSA) is 52.6 Å². The van der Waals surface area contributed by atoms with Gasteiger partial charge in [0.2, 0.25) is 0 Å². The third-order valence-corrected chi connectivity index (χ3v) is 5.23. The van der Waals surface area contributed by atoms with Gasteiger partial charge in [0.15, 0.2) is 0 Å². The van der Waals surface area contributed by atoms with Gasteiger partial charge in [0.05, 0.1) is 23.3 Å². The van der Waals surface area contributed by atoms with Crippen LogP contribution < -0.4 is 0 Å². The minimum absolute atomic E-state index is 0.133. The van der Waals surface area contributed by atoms with E-state index in [2.05, 4.69) is 27.7 Å². The van der Waals surface area contributed by atoms with Gasteiger partial charge in [-0.05, 0) is 69.6 Å². The summed E-state index contributed by atoms with van der Waals surface area (Å²) >= 11 is 0. The number of hydrogen-bond acceptors (Lipinski definition) is 4. The van der Waals surface area contributed by atoms with Gasteiger partial charge in [-0.15, -0.1) is 0 Å². The van der Waals surface area contributed by atoms with Crippen LogP contribution in [0.4, 0.5) is 0 Å². The number of carbonyl (C=O) groups excluding carboxylic acids is 2. The third-order valence-electron chi connectivity index (χ3n) is 5.23. The molecular weight excluding hydrogens is 376 g/mol. The van der Waals surface area contributed by atoms with Gasteiger partial charge in [-0.2, -0.15) is 0 Å². The van der Waals surface area contributed by atoms with Crippen molar-refractivity contribution in [1.29, 1.82) is 0 Å². The molecule has 0 N–H and O–H groups in total. The molecule has 0 radical (unpaired) electrons. The molecule has 4 heteroatoms. The first-order valence-electron chi connectivity index (χ1n) is 11.7. The summed E-state index contributed by atoms with van der Waals surface area (Å²) in [6.07, 6.45) is 8.23. The second kappa shape index (κ2) is 14.2. The largest absolute Gasteiger partial charge is 0.459 e. The van der Waals surface area contributed by atoms with Crippen LogP contribution in [0, 0.1) is 11.8 Å². The summed E-state index contributed by atoms with van der Waals surface area (Å²) in [6.45, 7) is 12.7. The van der Waals surface area contributed by atoms with E-state index in [4.69, 9.17) is 9.47 Å². The molecule has 0 spiro atoms. The van der Waals surface area contributed by atoms with Gasteiger partial charge in [0.25, 0.3) is 0 Å². The van der Waals surface area contributed by atoms with Gasteiger partial charge >= 0.3 is 11.9 Å². The smallest absolute Gasteiger partial charge is 0.338 e. The molecule has 0 saturated carbocycles. The Morgan fingerprint density at radius 1 is 0.667 bits per heavy atom. The normalized spacial score (nSPS) is 13.3. The maximum absolute atomic E-state index is 12.4. The number of carbonyl (C=O) groups is 2. The van der Waals surface area contributed by atoms with E-state index >= 15 is 0 Å². The molecule has 0 heterocycles. The summed E-state index contributed by atoms with van der Waals surface area (Å²) in [6, 6.07) is 6.63. The Morgan fingerprint density at radius 2 is 1.03 bits per heavy atom. The van der Waals surface area contributed by atoms with Gasteiger partial charge in [-0.25, -0.2) is 9.59 Å². The van der Waals surface area contributed by atoms with Crippen molar-refractivity contribution in [1.82, 2.24) is 0 Å². The zero-order valence-corrected chi connectivity index (χ0v) is 19.9. The maximum atomic E-state index is 12.4. The van der Waals surface area contributed by atoms with Gasteiger partial charge in [0, 0.05) is 0 Å². The quantitative estimate of drug-likeness (QED) is 0.236. The zero-order valence-electron chi connectivity index (χ0n) is 19.9. The first kappa shape index (κ1) is 26.2. The Labute approximate surface area is 183 Å². The van der Waals surface area contributed by atoms with E-state index < -0.39 is 0 Å². The van der Waals surface area contributed by atoms with E-state index in [9.17, 15) is 9.59 Å². The van der Waals surface area contributed by atoms with Crippen LogP contribution in [0.15, 0.2) is 24.3 Å². The van der Waals surface area contributed by atoms with Crippen LogP contribution in [0.3, 0.4) is 0 Å². The molecule has 0 bridgehead atoms. The monoisotopic (exact) mass is 418 g/mol. The van der Waals surface area contributed by atoms with Crippen LogP contribution in [0.25, 0.3) is 0 Å². The van der Waals surface area contributed by atoms with Crippen molar-refractivity contribution in [2.75, 3.05) is 0 Å². The van der Waals surface area contributed by atoms with Crippen LogP contribution in [-0.2, 0) is 9.47 Å². The molecule has 0 amide bonds. The molecule has 0 aromatic heterocycles. The van der Waals surface area contributed by atoms with Crippen molar-refractivity contribution < 1.29 is 19.1 Å². The fourth-order valence-corrected chi connectivity index (χ4v) is 3.36. The molecule has 170 valence electrons. The molecule has 1 aromatic carbocycles. The number of ether oxygens (including phenoxy) is 2. The van der Waals surface area contributed by atoms with E-state index in [0.29, 0.717) is 23.0 Å². The number of esters is 2. The molecule has 1 rings (SSSR count). The van der Waals surface area contributed by atoms with Crippen molar-refractivity contribution in [2.45, 2.75) is 105 Å². The van der Waals surface area contributed by atoms with Crippen molar-refractivity contribution in [3.05, 3.63) is 35.4 Å². The highest BCUT2D eigenvalue weighted by Gasteiger charge is 2.16. The minimum atomic E-state index is -0.386. The third kappa shape index (κ3) is 11.4. The van der Waals surface area contributed by atoms with E-state index in [0.717, 1.165) is 38.5 Å². The van der Waals surface area contributed by atoms with E-state index in [1.54, 1.807) is 24.3 Å². The average Bonchev–Trinajstić information content (AvgIpc) is 2.68. The van der Waals surface area contributed by atoms with Crippen molar-refractivity contribution in [2.24, 2.45) is 11.8 Å². The predicted octanol–water partition coefficient (Wildman–Crippen LogP) is 7.21. The Morgan fingerprint density at radius 3 is 1.40 bits per heavy atom. The Balaban J connectivity index is 2.48.